The number of hydrogen-bond acceptors (Lipinski definition) is 7. The maximum atomic E-state index is 5.94. The smallest absolute Gasteiger partial charge is 0.211 e. The highest BCUT2D eigenvalue weighted by Gasteiger charge is 2.11. The summed E-state index contributed by atoms with van der Waals surface area (Å²) >= 11 is 1.48. The average Bonchev–Trinajstić information content (AvgIpc) is 3.04. The fourth-order valence-corrected chi connectivity index (χ4v) is 3.53. The summed E-state index contributed by atoms with van der Waals surface area (Å²) in [6, 6.07) is 15.7. The van der Waals surface area contributed by atoms with Crippen LogP contribution in [0.15, 0.2) is 58.8 Å². The molecule has 0 unspecified atom stereocenters. The number of benzene rings is 2. The van der Waals surface area contributed by atoms with Gasteiger partial charge in [0, 0.05) is 22.2 Å². The monoisotopic (exact) mass is 364 g/mol. The van der Waals surface area contributed by atoms with Gasteiger partial charge in [-0.1, -0.05) is 54.2 Å². The van der Waals surface area contributed by atoms with Crippen molar-refractivity contribution in [1.29, 1.82) is 0 Å². The number of nitrogens with two attached hydrogens (primary N) is 2. The Morgan fingerprint density at radius 1 is 1.12 bits per heavy atom. The van der Waals surface area contributed by atoms with Gasteiger partial charge in [-0.25, -0.2) is 16.4 Å². The molecular formula is C17H16N8S. The molecule has 0 bridgehead atoms. The lowest BCUT2D eigenvalue weighted by atomic mass is 10.1. The van der Waals surface area contributed by atoms with Gasteiger partial charge in [0.1, 0.15) is 5.52 Å². The largest absolute Gasteiger partial charge is 0.382 e. The van der Waals surface area contributed by atoms with Crippen LogP contribution in [0.5, 0.6) is 0 Å². The number of rotatable bonds is 5. The van der Waals surface area contributed by atoms with Crippen molar-refractivity contribution < 1.29 is 0 Å². The molecular weight excluding hydrogens is 348 g/mol. The maximum Gasteiger partial charge on any atom is 0.211 e. The van der Waals surface area contributed by atoms with E-state index < -0.39 is 0 Å². The molecule has 0 radical (unpaired) electrons. The van der Waals surface area contributed by atoms with Crippen LogP contribution in [0.25, 0.3) is 22.1 Å². The number of fused-ring (bicyclic) bond motifs is 3. The van der Waals surface area contributed by atoms with Crippen LogP contribution in [0.4, 0.5) is 0 Å². The summed E-state index contributed by atoms with van der Waals surface area (Å²) in [5, 5.41) is 14.0. The van der Waals surface area contributed by atoms with Crippen molar-refractivity contribution in [2.24, 2.45) is 16.7 Å². The molecule has 26 heavy (non-hydrogen) atoms. The van der Waals surface area contributed by atoms with Crippen molar-refractivity contribution in [2.75, 3.05) is 0 Å². The number of amidine groups is 1. The Morgan fingerprint density at radius 3 is 2.81 bits per heavy atom. The number of hydrogen-bond donors (Lipinski definition) is 4. The van der Waals surface area contributed by atoms with E-state index in [0.717, 1.165) is 33.2 Å². The van der Waals surface area contributed by atoms with Crippen LogP contribution < -0.4 is 17.1 Å². The first kappa shape index (κ1) is 16.3. The van der Waals surface area contributed by atoms with Crippen LogP contribution in [0.1, 0.15) is 11.1 Å². The Bertz CT molecular complexity index is 1100. The normalized spacial score (nSPS) is 12.0. The zero-order chi connectivity index (χ0) is 17.9. The summed E-state index contributed by atoms with van der Waals surface area (Å²) in [7, 11) is 0. The molecule has 2 aromatic heterocycles. The maximum absolute atomic E-state index is 5.94. The van der Waals surface area contributed by atoms with E-state index in [4.69, 9.17) is 11.6 Å². The third kappa shape index (κ3) is 3.05. The van der Waals surface area contributed by atoms with Gasteiger partial charge < -0.3 is 10.7 Å². The molecule has 9 heteroatoms. The standard InChI is InChI=1S/C17H16N8S/c18-15(23-25-19)11-6-2-1-5-10(11)9-26-17-21-16-14(22-24-17)12-7-3-4-8-13(12)20-16/h1-8,25H,9,19H2,(H2,18,23)(H,20,21,24). The fraction of sp³-hybridized carbons (Fsp3) is 0.0588. The van der Waals surface area contributed by atoms with E-state index >= 15 is 0 Å². The Labute approximate surface area is 153 Å². The lowest BCUT2D eigenvalue weighted by Gasteiger charge is -2.08. The third-order valence-electron chi connectivity index (χ3n) is 3.94. The molecule has 0 aliphatic rings. The summed E-state index contributed by atoms with van der Waals surface area (Å²) < 4.78 is 0. The quantitative estimate of drug-likeness (QED) is 0.140. The fourth-order valence-electron chi connectivity index (χ4n) is 2.74. The van der Waals surface area contributed by atoms with E-state index in [2.05, 4.69) is 30.8 Å². The second-order valence-electron chi connectivity index (χ2n) is 5.53. The highest BCUT2D eigenvalue weighted by molar-refractivity contribution is 7.98. The first-order chi connectivity index (χ1) is 12.8. The molecule has 8 nitrogen and oxygen atoms in total. The molecule has 130 valence electrons. The van der Waals surface area contributed by atoms with Gasteiger partial charge >= 0.3 is 0 Å². The number of nitrogens with one attached hydrogen (secondary N) is 2. The van der Waals surface area contributed by atoms with Crippen molar-refractivity contribution in [1.82, 2.24) is 25.7 Å². The number of thioether (sulfide) groups is 1. The summed E-state index contributed by atoms with van der Waals surface area (Å²) in [5.74, 6) is 6.17. The van der Waals surface area contributed by atoms with Crippen molar-refractivity contribution in [3.8, 4) is 0 Å². The number of aromatic nitrogens is 4. The Balaban J connectivity index is 1.61. The third-order valence-corrected chi connectivity index (χ3v) is 4.82. The van der Waals surface area contributed by atoms with E-state index in [1.54, 1.807) is 0 Å². The molecule has 2 aromatic carbocycles. The zero-order valence-electron chi connectivity index (χ0n) is 13.7. The summed E-state index contributed by atoms with van der Waals surface area (Å²) in [4.78, 5) is 7.85. The molecule has 0 saturated heterocycles. The SMILES string of the molecule is NN/N=C(\N)c1ccccc1CSc1nnc2c(n1)[nH]c1ccccc12. The lowest BCUT2D eigenvalue weighted by Crippen LogP contribution is -2.23. The van der Waals surface area contributed by atoms with Crippen molar-refractivity contribution >= 4 is 39.7 Å². The number of nitrogens with zero attached hydrogens (tertiary/aromatic N) is 4. The van der Waals surface area contributed by atoms with Gasteiger partial charge in [-0.15, -0.1) is 15.3 Å². The van der Waals surface area contributed by atoms with E-state index in [0.29, 0.717) is 16.7 Å². The molecule has 2 heterocycles. The second-order valence-corrected chi connectivity index (χ2v) is 6.48. The lowest BCUT2D eigenvalue weighted by molar-refractivity contribution is 0.803. The molecule has 4 rings (SSSR count). The zero-order valence-corrected chi connectivity index (χ0v) is 14.5. The molecule has 0 spiro atoms. The molecule has 4 aromatic rings. The first-order valence-corrected chi connectivity index (χ1v) is 8.86. The van der Waals surface area contributed by atoms with Gasteiger partial charge in [0.05, 0.1) is 0 Å². The molecule has 6 N–H and O–H groups in total. The van der Waals surface area contributed by atoms with Gasteiger partial charge in [-0.3, -0.25) is 0 Å². The number of para-hydroxylation sites is 1. The second kappa shape index (κ2) is 6.98. The molecule has 0 amide bonds. The molecule has 0 aliphatic heterocycles. The minimum absolute atomic E-state index is 0.328. The van der Waals surface area contributed by atoms with Crippen LogP contribution >= 0.6 is 11.8 Å². The number of hydrazone groups is 1. The minimum Gasteiger partial charge on any atom is -0.382 e. The Morgan fingerprint density at radius 2 is 1.92 bits per heavy atom. The Hall–Kier alpha value is -3.17. The number of hydrazine groups is 1. The van der Waals surface area contributed by atoms with Gasteiger partial charge in [0.2, 0.25) is 5.16 Å². The topological polar surface area (TPSA) is 131 Å². The molecule has 0 aliphatic carbocycles. The highest BCUT2D eigenvalue weighted by Crippen LogP contribution is 2.25. The van der Waals surface area contributed by atoms with Crippen LogP contribution in [-0.2, 0) is 5.75 Å². The molecule has 0 saturated carbocycles. The summed E-state index contributed by atoms with van der Waals surface area (Å²) in [5.41, 5.74) is 12.5. The number of aromatic amines is 1. The van der Waals surface area contributed by atoms with E-state index in [1.165, 1.54) is 11.8 Å². The first-order valence-electron chi connectivity index (χ1n) is 7.87. The predicted molar refractivity (Wildman–Crippen MR) is 103 cm³/mol. The average molecular weight is 364 g/mol. The van der Waals surface area contributed by atoms with Gasteiger partial charge in [0.25, 0.3) is 0 Å². The van der Waals surface area contributed by atoms with E-state index in [9.17, 15) is 0 Å². The summed E-state index contributed by atoms with van der Waals surface area (Å²) in [6.07, 6.45) is 0. The van der Waals surface area contributed by atoms with E-state index in [-0.39, 0.29) is 0 Å². The van der Waals surface area contributed by atoms with Crippen LogP contribution in [0.2, 0.25) is 0 Å². The molecule has 0 atom stereocenters. The van der Waals surface area contributed by atoms with Crippen LogP contribution in [-0.4, -0.2) is 26.0 Å². The van der Waals surface area contributed by atoms with Gasteiger partial charge in [-0.2, -0.15) is 0 Å². The van der Waals surface area contributed by atoms with Crippen molar-refractivity contribution in [3.63, 3.8) is 0 Å². The summed E-state index contributed by atoms with van der Waals surface area (Å²) in [6.45, 7) is 0. The van der Waals surface area contributed by atoms with E-state index in [1.807, 2.05) is 48.5 Å². The van der Waals surface area contributed by atoms with Crippen LogP contribution in [0, 0.1) is 0 Å². The highest BCUT2D eigenvalue weighted by atomic mass is 32.2. The minimum atomic E-state index is 0.328. The van der Waals surface area contributed by atoms with Gasteiger partial charge in [0.15, 0.2) is 11.5 Å². The van der Waals surface area contributed by atoms with Gasteiger partial charge in [-0.05, 0) is 11.6 Å². The van der Waals surface area contributed by atoms with Crippen molar-refractivity contribution in [2.45, 2.75) is 10.9 Å². The van der Waals surface area contributed by atoms with Crippen LogP contribution in [0.3, 0.4) is 0 Å². The Kier molecular flexibility index (Phi) is 4.38. The number of H-pyrrole nitrogens is 1. The molecule has 0 fully saturated rings. The van der Waals surface area contributed by atoms with Crippen molar-refractivity contribution in [3.05, 3.63) is 59.7 Å². The predicted octanol–water partition coefficient (Wildman–Crippen LogP) is 1.88.